The Morgan fingerprint density at radius 2 is 2.43 bits per heavy atom. The van der Waals surface area contributed by atoms with E-state index in [2.05, 4.69) is 12.2 Å². The highest BCUT2D eigenvalue weighted by Crippen LogP contribution is 1.71. The van der Waals surface area contributed by atoms with Crippen molar-refractivity contribution in [3.05, 3.63) is 6.92 Å². The van der Waals surface area contributed by atoms with Crippen LogP contribution in [0.15, 0.2) is 0 Å². The third-order valence-corrected chi connectivity index (χ3v) is 0.617. The van der Waals surface area contributed by atoms with Gasteiger partial charge in [-0.2, -0.15) is 0 Å². The first-order valence-corrected chi connectivity index (χ1v) is 2.45. The highest BCUT2D eigenvalue weighted by molar-refractivity contribution is 4.51. The van der Waals surface area contributed by atoms with Crippen molar-refractivity contribution in [1.82, 2.24) is 5.32 Å². The van der Waals surface area contributed by atoms with Crippen molar-refractivity contribution < 1.29 is 5.11 Å². The SMILES string of the molecule is [CH2]CNCC(C)O. The fourth-order valence-corrected chi connectivity index (χ4v) is 0.311. The van der Waals surface area contributed by atoms with E-state index in [1.807, 2.05) is 0 Å². The molecule has 2 N–H and O–H groups in total. The topological polar surface area (TPSA) is 32.3 Å². The predicted octanol–water partition coefficient (Wildman–Crippen LogP) is -0.209. The van der Waals surface area contributed by atoms with Crippen molar-refractivity contribution in [1.29, 1.82) is 0 Å². The molecular weight excluding hydrogens is 90.1 g/mol. The van der Waals surface area contributed by atoms with Crippen LogP contribution in [0.5, 0.6) is 0 Å². The van der Waals surface area contributed by atoms with Crippen LogP contribution in [-0.2, 0) is 0 Å². The van der Waals surface area contributed by atoms with Gasteiger partial charge in [-0.15, -0.1) is 0 Å². The molecule has 0 rings (SSSR count). The van der Waals surface area contributed by atoms with Gasteiger partial charge in [-0.25, -0.2) is 0 Å². The van der Waals surface area contributed by atoms with Gasteiger partial charge in [0.15, 0.2) is 0 Å². The maximum atomic E-state index is 8.59. The van der Waals surface area contributed by atoms with Crippen molar-refractivity contribution in [2.45, 2.75) is 13.0 Å². The molecule has 2 nitrogen and oxygen atoms in total. The molecule has 0 fully saturated rings. The van der Waals surface area contributed by atoms with Crippen molar-refractivity contribution in [3.63, 3.8) is 0 Å². The van der Waals surface area contributed by atoms with Gasteiger partial charge in [-0.1, -0.05) is 0 Å². The third kappa shape index (κ3) is 5.92. The molecule has 7 heavy (non-hydrogen) atoms. The zero-order chi connectivity index (χ0) is 5.70. The molecule has 0 aliphatic rings. The molecular formula is C5H12NO. The van der Waals surface area contributed by atoms with Gasteiger partial charge in [0.2, 0.25) is 0 Å². The van der Waals surface area contributed by atoms with Crippen LogP contribution in [0, 0.1) is 6.92 Å². The lowest BCUT2D eigenvalue weighted by atomic mass is 10.4. The van der Waals surface area contributed by atoms with E-state index in [0.29, 0.717) is 13.1 Å². The number of hydrogen-bond acceptors (Lipinski definition) is 2. The Bertz CT molecular complexity index is 37.1. The Hall–Kier alpha value is -0.0800. The van der Waals surface area contributed by atoms with Crippen molar-refractivity contribution in [2.24, 2.45) is 0 Å². The van der Waals surface area contributed by atoms with Crippen molar-refractivity contribution in [2.75, 3.05) is 13.1 Å². The molecule has 0 aromatic rings. The molecule has 0 amide bonds. The average molecular weight is 102 g/mol. The van der Waals surface area contributed by atoms with E-state index in [9.17, 15) is 0 Å². The van der Waals surface area contributed by atoms with Gasteiger partial charge in [0.1, 0.15) is 0 Å². The molecule has 43 valence electrons. The Morgan fingerprint density at radius 3 is 2.57 bits per heavy atom. The van der Waals surface area contributed by atoms with Crippen LogP contribution in [0.1, 0.15) is 6.92 Å². The fourth-order valence-electron chi connectivity index (χ4n) is 0.311. The van der Waals surface area contributed by atoms with Gasteiger partial charge in [-0.3, -0.25) is 0 Å². The second kappa shape index (κ2) is 4.09. The number of aliphatic hydroxyl groups is 1. The molecule has 0 aromatic carbocycles. The second-order valence-electron chi connectivity index (χ2n) is 1.55. The zero-order valence-electron chi connectivity index (χ0n) is 4.65. The van der Waals surface area contributed by atoms with Crippen molar-refractivity contribution >= 4 is 0 Å². The van der Waals surface area contributed by atoms with E-state index >= 15 is 0 Å². The predicted molar refractivity (Wildman–Crippen MR) is 29.9 cm³/mol. The number of rotatable bonds is 3. The third-order valence-electron chi connectivity index (χ3n) is 0.617. The first kappa shape index (κ1) is 6.92. The summed E-state index contributed by atoms with van der Waals surface area (Å²) in [5.74, 6) is 0. The van der Waals surface area contributed by atoms with E-state index < -0.39 is 0 Å². The van der Waals surface area contributed by atoms with Gasteiger partial charge < -0.3 is 10.4 Å². The Labute approximate surface area is 44.5 Å². The zero-order valence-corrected chi connectivity index (χ0v) is 4.65. The molecule has 0 saturated heterocycles. The van der Waals surface area contributed by atoms with Gasteiger partial charge >= 0.3 is 0 Å². The van der Waals surface area contributed by atoms with Crippen LogP contribution < -0.4 is 5.32 Å². The van der Waals surface area contributed by atoms with E-state index in [1.54, 1.807) is 6.92 Å². The lowest BCUT2D eigenvalue weighted by Crippen LogP contribution is -2.23. The smallest absolute Gasteiger partial charge is 0.0636 e. The van der Waals surface area contributed by atoms with Gasteiger partial charge in [0.05, 0.1) is 6.10 Å². The molecule has 2 heteroatoms. The number of aliphatic hydroxyl groups excluding tert-OH is 1. The summed E-state index contributed by atoms with van der Waals surface area (Å²) in [5.41, 5.74) is 0. The summed E-state index contributed by atoms with van der Waals surface area (Å²) in [6.07, 6.45) is -0.248. The van der Waals surface area contributed by atoms with E-state index in [4.69, 9.17) is 5.11 Å². The average Bonchev–Trinajstić information content (AvgIpc) is 1.61. The van der Waals surface area contributed by atoms with Crippen LogP contribution in [-0.4, -0.2) is 24.3 Å². The molecule has 0 heterocycles. The minimum absolute atomic E-state index is 0.248. The summed E-state index contributed by atoms with van der Waals surface area (Å²) in [4.78, 5) is 0. The Balaban J connectivity index is 2.68. The number of hydrogen-bond donors (Lipinski definition) is 2. The molecule has 0 bridgehead atoms. The highest BCUT2D eigenvalue weighted by Gasteiger charge is 1.88. The van der Waals surface area contributed by atoms with Gasteiger partial charge in [-0.05, 0) is 20.4 Å². The van der Waals surface area contributed by atoms with E-state index in [1.165, 1.54) is 0 Å². The summed E-state index contributed by atoms with van der Waals surface area (Å²) in [7, 11) is 0. The van der Waals surface area contributed by atoms with E-state index in [-0.39, 0.29) is 6.10 Å². The van der Waals surface area contributed by atoms with Crippen LogP contribution in [0.3, 0.4) is 0 Å². The van der Waals surface area contributed by atoms with Crippen molar-refractivity contribution in [3.8, 4) is 0 Å². The molecule has 0 aliphatic carbocycles. The molecule has 0 aromatic heterocycles. The lowest BCUT2D eigenvalue weighted by Gasteiger charge is -2.01. The maximum Gasteiger partial charge on any atom is 0.0636 e. The fraction of sp³-hybridized carbons (Fsp3) is 0.800. The molecule has 0 aliphatic heterocycles. The van der Waals surface area contributed by atoms with Gasteiger partial charge in [0, 0.05) is 6.54 Å². The largest absolute Gasteiger partial charge is 0.392 e. The second-order valence-corrected chi connectivity index (χ2v) is 1.55. The Morgan fingerprint density at radius 1 is 1.86 bits per heavy atom. The minimum Gasteiger partial charge on any atom is -0.392 e. The monoisotopic (exact) mass is 102 g/mol. The standard InChI is InChI=1S/C5H12NO/c1-3-6-4-5(2)7/h5-7H,1,3-4H2,2H3. The van der Waals surface area contributed by atoms with E-state index in [0.717, 1.165) is 0 Å². The van der Waals surface area contributed by atoms with Crippen LogP contribution in [0.2, 0.25) is 0 Å². The quantitative estimate of drug-likeness (QED) is 0.517. The maximum absolute atomic E-state index is 8.59. The number of nitrogens with one attached hydrogen (secondary N) is 1. The highest BCUT2D eigenvalue weighted by atomic mass is 16.3. The Kier molecular flexibility index (Phi) is 4.04. The normalized spacial score (nSPS) is 14.1. The summed E-state index contributed by atoms with van der Waals surface area (Å²) < 4.78 is 0. The molecule has 0 spiro atoms. The minimum atomic E-state index is -0.248. The summed E-state index contributed by atoms with van der Waals surface area (Å²) in [5, 5.41) is 11.5. The summed E-state index contributed by atoms with van der Waals surface area (Å²) in [6.45, 7) is 6.60. The molecule has 1 radical (unpaired) electrons. The molecule has 1 atom stereocenters. The van der Waals surface area contributed by atoms with Crippen LogP contribution >= 0.6 is 0 Å². The first-order valence-electron chi connectivity index (χ1n) is 2.45. The van der Waals surface area contributed by atoms with Gasteiger partial charge in [0.25, 0.3) is 0 Å². The molecule has 0 saturated carbocycles. The summed E-state index contributed by atoms with van der Waals surface area (Å²) >= 11 is 0. The van der Waals surface area contributed by atoms with Crippen LogP contribution in [0.25, 0.3) is 0 Å². The van der Waals surface area contributed by atoms with Crippen LogP contribution in [0.4, 0.5) is 0 Å². The first-order chi connectivity index (χ1) is 3.27. The lowest BCUT2D eigenvalue weighted by molar-refractivity contribution is 0.193. The molecule has 1 unspecified atom stereocenters. The summed E-state index contributed by atoms with van der Waals surface area (Å²) in [6, 6.07) is 0.